The van der Waals surface area contributed by atoms with Crippen LogP contribution in [0.3, 0.4) is 0 Å². The number of nitrogens with zero attached hydrogens (tertiary/aromatic N) is 2. The van der Waals surface area contributed by atoms with Crippen molar-refractivity contribution in [2.45, 2.75) is 12.8 Å². The molecule has 0 atom stereocenters. The van der Waals surface area contributed by atoms with Crippen LogP contribution in [0.25, 0.3) is 5.65 Å². The van der Waals surface area contributed by atoms with Gasteiger partial charge >= 0.3 is 5.97 Å². The van der Waals surface area contributed by atoms with Crippen molar-refractivity contribution in [2.24, 2.45) is 0 Å². The van der Waals surface area contributed by atoms with Gasteiger partial charge in [-0.1, -0.05) is 11.6 Å². The van der Waals surface area contributed by atoms with E-state index >= 15 is 0 Å². The zero-order valence-corrected chi connectivity index (χ0v) is 10.5. The first-order valence-electron chi connectivity index (χ1n) is 4.60. The second kappa shape index (κ2) is 4.43. The number of rotatable bonds is 3. The Morgan fingerprint density at radius 2 is 2.31 bits per heavy atom. The molecule has 6 heteroatoms. The van der Waals surface area contributed by atoms with E-state index in [9.17, 15) is 4.79 Å². The van der Waals surface area contributed by atoms with Crippen molar-refractivity contribution in [3.8, 4) is 0 Å². The third kappa shape index (κ3) is 2.36. The molecule has 0 fully saturated rings. The first-order chi connectivity index (χ1) is 7.56. The zero-order valence-electron chi connectivity index (χ0n) is 8.15. The molecule has 0 aliphatic carbocycles. The average molecular weight is 304 g/mol. The minimum absolute atomic E-state index is 0.0786. The summed E-state index contributed by atoms with van der Waals surface area (Å²) in [5, 5.41) is 9.18. The summed E-state index contributed by atoms with van der Waals surface area (Å²) < 4.78 is 2.57. The van der Waals surface area contributed by atoms with Crippen LogP contribution in [0.1, 0.15) is 12.1 Å². The van der Waals surface area contributed by atoms with Crippen LogP contribution in [0.5, 0.6) is 0 Å². The van der Waals surface area contributed by atoms with Crippen LogP contribution in [0.15, 0.2) is 22.9 Å². The van der Waals surface area contributed by atoms with E-state index in [2.05, 4.69) is 20.9 Å². The summed E-state index contributed by atoms with van der Waals surface area (Å²) in [5.41, 5.74) is 1.48. The zero-order chi connectivity index (χ0) is 11.7. The molecule has 2 aromatic heterocycles. The second-order valence-electron chi connectivity index (χ2n) is 3.36. The molecular formula is C10H8BrClN2O2. The summed E-state index contributed by atoms with van der Waals surface area (Å²) in [7, 11) is 0. The number of fused-ring (bicyclic) bond motifs is 1. The molecule has 2 heterocycles. The number of aryl methyl sites for hydroxylation is 1. The maximum absolute atomic E-state index is 10.4. The fourth-order valence-electron chi connectivity index (χ4n) is 1.43. The van der Waals surface area contributed by atoms with E-state index in [0.29, 0.717) is 11.4 Å². The topological polar surface area (TPSA) is 54.6 Å². The lowest BCUT2D eigenvalue weighted by molar-refractivity contribution is -0.136. The minimum Gasteiger partial charge on any atom is -0.481 e. The van der Waals surface area contributed by atoms with E-state index in [0.717, 1.165) is 15.8 Å². The third-order valence-corrected chi connectivity index (χ3v) is 2.91. The van der Waals surface area contributed by atoms with Crippen molar-refractivity contribution < 1.29 is 9.90 Å². The number of aliphatic carboxylic acids is 1. The third-order valence-electron chi connectivity index (χ3n) is 2.12. The van der Waals surface area contributed by atoms with Crippen molar-refractivity contribution in [3.63, 3.8) is 0 Å². The summed E-state index contributed by atoms with van der Waals surface area (Å²) >= 11 is 9.24. The minimum atomic E-state index is -0.825. The van der Waals surface area contributed by atoms with E-state index in [1.165, 1.54) is 0 Å². The van der Waals surface area contributed by atoms with Gasteiger partial charge in [0.25, 0.3) is 0 Å². The quantitative estimate of drug-likeness (QED) is 0.948. The van der Waals surface area contributed by atoms with Gasteiger partial charge in [0, 0.05) is 18.8 Å². The Balaban J connectivity index is 2.36. The van der Waals surface area contributed by atoms with E-state index in [4.69, 9.17) is 16.7 Å². The van der Waals surface area contributed by atoms with Crippen LogP contribution in [0.2, 0.25) is 5.02 Å². The summed E-state index contributed by atoms with van der Waals surface area (Å²) in [6.07, 6.45) is 4.02. The standard InChI is InChI=1S/C10H8BrClN2O2/c11-8-3-6(12)4-14-5-7(13-10(8)14)1-2-9(15)16/h3-5H,1-2H2,(H,15,16). The Kier molecular flexibility index (Phi) is 3.16. The van der Waals surface area contributed by atoms with Gasteiger partial charge in [0.1, 0.15) is 0 Å². The van der Waals surface area contributed by atoms with Gasteiger partial charge in [-0.25, -0.2) is 4.98 Å². The van der Waals surface area contributed by atoms with Crippen LogP contribution in [0.4, 0.5) is 0 Å². The van der Waals surface area contributed by atoms with E-state index in [1.807, 2.05) is 0 Å². The van der Waals surface area contributed by atoms with Gasteiger partial charge in [0.05, 0.1) is 21.6 Å². The first-order valence-corrected chi connectivity index (χ1v) is 5.78. The molecule has 0 radical (unpaired) electrons. The summed E-state index contributed by atoms with van der Waals surface area (Å²) in [6.45, 7) is 0. The highest BCUT2D eigenvalue weighted by atomic mass is 79.9. The van der Waals surface area contributed by atoms with Crippen molar-refractivity contribution in [3.05, 3.63) is 33.6 Å². The van der Waals surface area contributed by atoms with E-state index in [1.54, 1.807) is 22.9 Å². The summed E-state index contributed by atoms with van der Waals surface area (Å²) in [4.78, 5) is 14.8. The van der Waals surface area contributed by atoms with Crippen molar-refractivity contribution in [1.29, 1.82) is 0 Å². The molecule has 0 spiro atoms. The lowest BCUT2D eigenvalue weighted by Crippen LogP contribution is -1.97. The van der Waals surface area contributed by atoms with Crippen LogP contribution in [-0.2, 0) is 11.2 Å². The highest BCUT2D eigenvalue weighted by Crippen LogP contribution is 2.22. The molecule has 1 N–H and O–H groups in total. The highest BCUT2D eigenvalue weighted by molar-refractivity contribution is 9.10. The molecule has 0 aliphatic rings. The van der Waals surface area contributed by atoms with Crippen LogP contribution in [0, 0.1) is 0 Å². The molecule has 2 rings (SSSR count). The van der Waals surface area contributed by atoms with Crippen LogP contribution < -0.4 is 0 Å². The molecule has 2 aromatic rings. The van der Waals surface area contributed by atoms with Crippen LogP contribution >= 0.6 is 27.5 Å². The van der Waals surface area contributed by atoms with Gasteiger partial charge < -0.3 is 9.51 Å². The first kappa shape index (κ1) is 11.4. The second-order valence-corrected chi connectivity index (χ2v) is 4.65. The summed E-state index contributed by atoms with van der Waals surface area (Å²) in [6, 6.07) is 1.75. The van der Waals surface area contributed by atoms with Crippen molar-refractivity contribution >= 4 is 39.1 Å². The molecule has 4 nitrogen and oxygen atoms in total. The Morgan fingerprint density at radius 1 is 1.56 bits per heavy atom. The van der Waals surface area contributed by atoms with Crippen molar-refractivity contribution in [1.82, 2.24) is 9.38 Å². The number of halogens is 2. The Labute approximate surface area is 105 Å². The van der Waals surface area contributed by atoms with Gasteiger partial charge in [0.2, 0.25) is 0 Å². The molecule has 16 heavy (non-hydrogen) atoms. The van der Waals surface area contributed by atoms with Gasteiger partial charge in [-0.3, -0.25) is 4.79 Å². The molecule has 84 valence electrons. The normalized spacial score (nSPS) is 10.9. The predicted octanol–water partition coefficient (Wildman–Crippen LogP) is 2.77. The number of carboxylic acids is 1. The Bertz CT molecular complexity index is 553. The Morgan fingerprint density at radius 3 is 3.00 bits per heavy atom. The molecule has 0 aliphatic heterocycles. The molecular weight excluding hydrogens is 295 g/mol. The maximum Gasteiger partial charge on any atom is 0.303 e. The van der Waals surface area contributed by atoms with E-state index in [-0.39, 0.29) is 6.42 Å². The Hall–Kier alpha value is -1.07. The van der Waals surface area contributed by atoms with E-state index < -0.39 is 5.97 Å². The molecule has 0 saturated carbocycles. The summed E-state index contributed by atoms with van der Waals surface area (Å²) in [5.74, 6) is -0.825. The maximum atomic E-state index is 10.4. The number of pyridine rings is 1. The van der Waals surface area contributed by atoms with Gasteiger partial charge in [0.15, 0.2) is 5.65 Å². The average Bonchev–Trinajstić information content (AvgIpc) is 2.57. The fourth-order valence-corrected chi connectivity index (χ4v) is 2.32. The largest absolute Gasteiger partial charge is 0.481 e. The van der Waals surface area contributed by atoms with Crippen LogP contribution in [-0.4, -0.2) is 20.5 Å². The lowest BCUT2D eigenvalue weighted by atomic mass is 10.2. The number of hydrogen-bond acceptors (Lipinski definition) is 2. The number of hydrogen-bond donors (Lipinski definition) is 1. The number of carboxylic acid groups (broad SMARTS) is 1. The number of carbonyl (C=O) groups is 1. The monoisotopic (exact) mass is 302 g/mol. The molecule has 0 aromatic carbocycles. The fraction of sp³-hybridized carbons (Fsp3) is 0.200. The number of aromatic nitrogens is 2. The molecule has 0 amide bonds. The van der Waals surface area contributed by atoms with Gasteiger partial charge in [-0.2, -0.15) is 0 Å². The van der Waals surface area contributed by atoms with Gasteiger partial charge in [-0.05, 0) is 22.0 Å². The van der Waals surface area contributed by atoms with Crippen molar-refractivity contribution in [2.75, 3.05) is 0 Å². The molecule has 0 bridgehead atoms. The van der Waals surface area contributed by atoms with Gasteiger partial charge in [-0.15, -0.1) is 0 Å². The lowest BCUT2D eigenvalue weighted by Gasteiger charge is -1.96. The highest BCUT2D eigenvalue weighted by Gasteiger charge is 2.07. The smallest absolute Gasteiger partial charge is 0.303 e. The molecule has 0 saturated heterocycles. The SMILES string of the molecule is O=C(O)CCc1cn2cc(Cl)cc(Br)c2n1. The predicted molar refractivity (Wildman–Crippen MR) is 63.9 cm³/mol. The number of imidazole rings is 1. The molecule has 0 unspecified atom stereocenters.